The van der Waals surface area contributed by atoms with E-state index in [9.17, 15) is 4.79 Å². The van der Waals surface area contributed by atoms with Crippen molar-refractivity contribution in [1.82, 2.24) is 9.97 Å². The number of aromatic nitrogens is 2. The van der Waals surface area contributed by atoms with Gasteiger partial charge in [-0.25, -0.2) is 9.78 Å². The zero-order valence-corrected chi connectivity index (χ0v) is 22.7. The van der Waals surface area contributed by atoms with Crippen LogP contribution in [-0.4, -0.2) is 43.6 Å². The quantitative estimate of drug-likeness (QED) is 0.348. The van der Waals surface area contributed by atoms with Gasteiger partial charge in [0.05, 0.1) is 13.7 Å². The van der Waals surface area contributed by atoms with E-state index in [-0.39, 0.29) is 28.5 Å². The van der Waals surface area contributed by atoms with Crippen LogP contribution in [0, 0.1) is 0 Å². The molecule has 4 rings (SSSR count). The summed E-state index contributed by atoms with van der Waals surface area (Å²) in [6.07, 6.45) is 5.55. The fourth-order valence-electron chi connectivity index (χ4n) is 4.46. The van der Waals surface area contributed by atoms with Crippen LogP contribution in [0.3, 0.4) is 0 Å². The minimum absolute atomic E-state index is 0.0394. The topological polar surface area (TPSA) is 67.8 Å². The molecule has 0 unspecified atom stereocenters. The molecule has 1 aliphatic carbocycles. The number of amides is 2. The van der Waals surface area contributed by atoms with Gasteiger partial charge in [0.15, 0.2) is 8.32 Å². The number of halogens is 1. The molecule has 2 aromatic rings. The van der Waals surface area contributed by atoms with Crippen molar-refractivity contribution < 1.29 is 14.0 Å². The summed E-state index contributed by atoms with van der Waals surface area (Å²) < 4.78 is 11.9. The Balaban J connectivity index is 1.56. The molecule has 0 atom stereocenters. The monoisotopic (exact) mass is 502 g/mol. The Morgan fingerprint density at radius 3 is 2.32 bits per heavy atom. The molecule has 2 heterocycles. The molecule has 1 aliphatic heterocycles. The number of hydrogen-bond donors (Lipinski definition) is 0. The zero-order valence-electron chi connectivity index (χ0n) is 21.0. The van der Waals surface area contributed by atoms with Gasteiger partial charge in [-0.15, -0.1) is 0 Å². The minimum Gasteiger partial charge on any atom is -0.497 e. The lowest BCUT2D eigenvalue weighted by Crippen LogP contribution is -2.54. The van der Waals surface area contributed by atoms with E-state index in [0.717, 1.165) is 42.7 Å². The number of anilines is 2. The van der Waals surface area contributed by atoms with Gasteiger partial charge in [-0.05, 0) is 79.7 Å². The van der Waals surface area contributed by atoms with E-state index in [1.54, 1.807) is 18.2 Å². The van der Waals surface area contributed by atoms with Gasteiger partial charge in [0, 0.05) is 29.6 Å². The van der Waals surface area contributed by atoms with Crippen molar-refractivity contribution in [3.63, 3.8) is 0 Å². The van der Waals surface area contributed by atoms with E-state index in [2.05, 4.69) is 43.8 Å². The maximum atomic E-state index is 13.8. The Morgan fingerprint density at radius 2 is 1.74 bits per heavy atom. The first-order valence-electron chi connectivity index (χ1n) is 11.9. The molecular formula is C25H35ClN4O3Si. The van der Waals surface area contributed by atoms with Crippen molar-refractivity contribution in [2.75, 3.05) is 16.9 Å². The average Bonchev–Trinajstić information content (AvgIpc) is 2.79. The highest BCUT2D eigenvalue weighted by molar-refractivity contribution is 6.74. The van der Waals surface area contributed by atoms with Crippen molar-refractivity contribution in [3.05, 3.63) is 41.3 Å². The smallest absolute Gasteiger partial charge is 0.330 e. The summed E-state index contributed by atoms with van der Waals surface area (Å²) in [5.41, 5.74) is 1.70. The Morgan fingerprint density at radius 1 is 1.09 bits per heavy atom. The first-order chi connectivity index (χ1) is 16.0. The summed E-state index contributed by atoms with van der Waals surface area (Å²) in [5.74, 6) is 1.38. The fourth-order valence-corrected chi connectivity index (χ4v) is 6.01. The number of rotatable bonds is 5. The minimum atomic E-state index is -1.83. The molecular weight excluding hydrogens is 468 g/mol. The van der Waals surface area contributed by atoms with Gasteiger partial charge in [0.2, 0.25) is 5.28 Å². The number of nitrogens with zero attached hydrogens (tertiary/aromatic N) is 4. The highest BCUT2D eigenvalue weighted by Crippen LogP contribution is 2.41. The Labute approximate surface area is 208 Å². The molecule has 0 saturated heterocycles. The molecule has 1 aromatic heterocycles. The summed E-state index contributed by atoms with van der Waals surface area (Å²) in [5, 5.41) is 0.336. The molecule has 1 saturated carbocycles. The lowest BCUT2D eigenvalue weighted by Gasteiger charge is -2.44. The lowest BCUT2D eigenvalue weighted by atomic mass is 9.91. The molecule has 184 valence electrons. The predicted molar refractivity (Wildman–Crippen MR) is 138 cm³/mol. The first kappa shape index (κ1) is 24.9. The van der Waals surface area contributed by atoms with E-state index in [1.165, 1.54) is 0 Å². The van der Waals surface area contributed by atoms with E-state index >= 15 is 0 Å². The van der Waals surface area contributed by atoms with Gasteiger partial charge in [0.1, 0.15) is 11.6 Å². The van der Waals surface area contributed by atoms with Gasteiger partial charge < -0.3 is 9.16 Å². The molecule has 9 heteroatoms. The van der Waals surface area contributed by atoms with Crippen LogP contribution in [0.4, 0.5) is 16.3 Å². The third kappa shape index (κ3) is 4.94. The standard InChI is InChI=1S/C25H35ClN4O3Si/c1-25(2,3)34(5,6)33-21-13-9-19(10-14-21)30-22-17(15-27-23(26)28-22)16-29(24(30)31)18-7-11-20(32-4)12-8-18/h7-8,11-12,15,19,21H,9-10,13-14,16H2,1-6H3. The third-order valence-electron chi connectivity index (χ3n) is 7.47. The third-order valence-corrected chi connectivity index (χ3v) is 12.2. The predicted octanol–water partition coefficient (Wildman–Crippen LogP) is 6.42. The SMILES string of the molecule is COc1ccc(N2Cc3cnc(Cl)nc3N(C3CCC(O[Si](C)(C)C(C)(C)C)CC3)C2=O)cc1. The van der Waals surface area contributed by atoms with Crippen LogP contribution in [0.5, 0.6) is 5.75 Å². The average molecular weight is 503 g/mol. The fraction of sp³-hybridized carbons (Fsp3) is 0.560. The van der Waals surface area contributed by atoms with Crippen LogP contribution < -0.4 is 14.5 Å². The second-order valence-corrected chi connectivity index (χ2v) is 15.8. The molecule has 2 aliphatic rings. The van der Waals surface area contributed by atoms with Crippen LogP contribution in [0.25, 0.3) is 0 Å². The molecule has 0 radical (unpaired) electrons. The van der Waals surface area contributed by atoms with Crippen LogP contribution in [0.15, 0.2) is 30.5 Å². The Kier molecular flexibility index (Phi) is 6.95. The number of ether oxygens (including phenoxy) is 1. The number of benzene rings is 1. The summed E-state index contributed by atoms with van der Waals surface area (Å²) in [4.78, 5) is 26.1. The van der Waals surface area contributed by atoms with Crippen molar-refractivity contribution in [2.24, 2.45) is 0 Å². The van der Waals surface area contributed by atoms with Crippen molar-refractivity contribution in [2.45, 2.75) is 83.3 Å². The van der Waals surface area contributed by atoms with Crippen LogP contribution >= 0.6 is 11.6 Å². The first-order valence-corrected chi connectivity index (χ1v) is 15.2. The number of fused-ring (bicyclic) bond motifs is 1. The van der Waals surface area contributed by atoms with Crippen molar-refractivity contribution in [1.29, 1.82) is 0 Å². The highest BCUT2D eigenvalue weighted by Gasteiger charge is 2.42. The summed E-state index contributed by atoms with van der Waals surface area (Å²) in [7, 11) is -0.202. The number of carbonyl (C=O) groups is 1. The Hall–Kier alpha value is -2.16. The summed E-state index contributed by atoms with van der Waals surface area (Å²) >= 11 is 6.15. The molecule has 1 fully saturated rings. The van der Waals surface area contributed by atoms with Gasteiger partial charge in [0.25, 0.3) is 0 Å². The largest absolute Gasteiger partial charge is 0.497 e. The van der Waals surface area contributed by atoms with Crippen LogP contribution in [0.1, 0.15) is 52.0 Å². The maximum absolute atomic E-state index is 13.8. The molecule has 1 aromatic carbocycles. The van der Waals surface area contributed by atoms with E-state index in [4.69, 9.17) is 20.8 Å². The Bertz CT molecular complexity index is 1030. The summed E-state index contributed by atoms with van der Waals surface area (Å²) in [6.45, 7) is 11.8. The highest BCUT2D eigenvalue weighted by atomic mass is 35.5. The van der Waals surface area contributed by atoms with Gasteiger partial charge in [-0.3, -0.25) is 9.80 Å². The van der Waals surface area contributed by atoms with Gasteiger partial charge in [-0.2, -0.15) is 4.98 Å². The van der Waals surface area contributed by atoms with E-state index in [1.807, 2.05) is 29.2 Å². The number of carbonyl (C=O) groups excluding carboxylic acids is 1. The molecule has 2 amide bonds. The van der Waals surface area contributed by atoms with Gasteiger partial charge >= 0.3 is 6.03 Å². The second-order valence-electron chi connectivity index (χ2n) is 10.7. The molecule has 0 spiro atoms. The van der Waals surface area contributed by atoms with Crippen LogP contribution in [0.2, 0.25) is 23.4 Å². The number of methoxy groups -OCH3 is 1. The molecule has 34 heavy (non-hydrogen) atoms. The normalized spacial score (nSPS) is 21.4. The van der Waals surface area contributed by atoms with Crippen molar-refractivity contribution in [3.8, 4) is 5.75 Å². The van der Waals surface area contributed by atoms with E-state index < -0.39 is 8.32 Å². The van der Waals surface area contributed by atoms with Crippen LogP contribution in [-0.2, 0) is 11.0 Å². The van der Waals surface area contributed by atoms with Crippen molar-refractivity contribution >= 4 is 37.5 Å². The summed E-state index contributed by atoms with van der Waals surface area (Å²) in [6, 6.07) is 7.49. The maximum Gasteiger partial charge on any atom is 0.330 e. The molecule has 7 nitrogen and oxygen atoms in total. The molecule has 0 N–H and O–H groups in total. The molecule has 0 bridgehead atoms. The zero-order chi connectivity index (χ0) is 24.7. The number of hydrogen-bond acceptors (Lipinski definition) is 5. The second kappa shape index (κ2) is 9.47. The van der Waals surface area contributed by atoms with Gasteiger partial charge in [-0.1, -0.05) is 20.8 Å². The lowest BCUT2D eigenvalue weighted by molar-refractivity contribution is 0.129. The van der Waals surface area contributed by atoms with E-state index in [0.29, 0.717) is 12.4 Å². The number of urea groups is 1.